The number of ether oxygens (including phenoxy) is 1. The van der Waals surface area contributed by atoms with E-state index in [-0.39, 0.29) is 0 Å². The Morgan fingerprint density at radius 2 is 1.81 bits per heavy atom. The van der Waals surface area contributed by atoms with Gasteiger partial charge in [0.2, 0.25) is 0 Å². The quantitative estimate of drug-likeness (QED) is 0.478. The predicted octanol–water partition coefficient (Wildman–Crippen LogP) is 5.60. The van der Waals surface area contributed by atoms with Crippen molar-refractivity contribution in [3.8, 4) is 17.0 Å². The number of benzene rings is 2. The van der Waals surface area contributed by atoms with E-state index in [9.17, 15) is 0 Å². The summed E-state index contributed by atoms with van der Waals surface area (Å²) >= 11 is 0. The van der Waals surface area contributed by atoms with Gasteiger partial charge in [0.1, 0.15) is 17.7 Å². The SMILES string of the molecule is CCOc1ccc([Si](C)(C)CCCc2cccc(-c3ccon3)c2C)cc1. The molecule has 2 aromatic carbocycles. The van der Waals surface area contributed by atoms with E-state index in [4.69, 9.17) is 9.26 Å². The average molecular weight is 380 g/mol. The van der Waals surface area contributed by atoms with Crippen LogP contribution in [0.4, 0.5) is 0 Å². The lowest BCUT2D eigenvalue weighted by molar-refractivity contribution is 0.340. The molecule has 0 atom stereocenters. The van der Waals surface area contributed by atoms with E-state index in [2.05, 4.69) is 67.6 Å². The lowest BCUT2D eigenvalue weighted by Gasteiger charge is -2.23. The van der Waals surface area contributed by atoms with E-state index in [1.807, 2.05) is 13.0 Å². The zero-order valence-electron chi connectivity index (χ0n) is 16.8. The summed E-state index contributed by atoms with van der Waals surface area (Å²) < 4.78 is 10.6. The first-order valence-electron chi connectivity index (χ1n) is 9.74. The molecule has 0 aliphatic heterocycles. The van der Waals surface area contributed by atoms with Crippen molar-refractivity contribution >= 4 is 13.3 Å². The predicted molar refractivity (Wildman–Crippen MR) is 115 cm³/mol. The molecule has 0 saturated heterocycles. The molecule has 1 heterocycles. The molecule has 3 aromatic rings. The Balaban J connectivity index is 1.64. The van der Waals surface area contributed by atoms with Crippen LogP contribution in [0.1, 0.15) is 24.5 Å². The Morgan fingerprint density at radius 3 is 2.48 bits per heavy atom. The van der Waals surface area contributed by atoms with Crippen LogP contribution in [0.5, 0.6) is 5.75 Å². The van der Waals surface area contributed by atoms with E-state index in [1.165, 1.54) is 34.3 Å². The highest BCUT2D eigenvalue weighted by Gasteiger charge is 2.23. The van der Waals surface area contributed by atoms with Crippen molar-refractivity contribution in [2.24, 2.45) is 0 Å². The zero-order valence-corrected chi connectivity index (χ0v) is 17.8. The van der Waals surface area contributed by atoms with Crippen LogP contribution in [-0.2, 0) is 6.42 Å². The maximum Gasteiger partial charge on any atom is 0.124 e. The molecule has 0 aliphatic rings. The molecule has 3 nitrogen and oxygen atoms in total. The largest absolute Gasteiger partial charge is 0.494 e. The summed E-state index contributed by atoms with van der Waals surface area (Å²) in [6.07, 6.45) is 3.94. The van der Waals surface area contributed by atoms with Crippen molar-refractivity contribution in [2.75, 3.05) is 6.61 Å². The Kier molecular flexibility index (Phi) is 6.17. The minimum atomic E-state index is -1.45. The third-order valence-corrected chi connectivity index (χ3v) is 8.85. The van der Waals surface area contributed by atoms with Crippen LogP contribution in [-0.4, -0.2) is 19.8 Å². The minimum Gasteiger partial charge on any atom is -0.494 e. The van der Waals surface area contributed by atoms with E-state index in [0.29, 0.717) is 6.61 Å². The van der Waals surface area contributed by atoms with Crippen molar-refractivity contribution < 1.29 is 9.26 Å². The molecule has 0 N–H and O–H groups in total. The van der Waals surface area contributed by atoms with Gasteiger partial charge in [0.15, 0.2) is 0 Å². The first kappa shape index (κ1) is 19.4. The Hall–Kier alpha value is -2.33. The highest BCUT2D eigenvalue weighted by molar-refractivity contribution is 6.89. The summed E-state index contributed by atoms with van der Waals surface area (Å²) in [4.78, 5) is 0. The molecule has 1 aromatic heterocycles. The molecule has 0 saturated carbocycles. The number of hydrogen-bond donors (Lipinski definition) is 0. The highest BCUT2D eigenvalue weighted by Crippen LogP contribution is 2.26. The minimum absolute atomic E-state index is 0.715. The van der Waals surface area contributed by atoms with Crippen LogP contribution in [0, 0.1) is 6.92 Å². The molecule has 4 heteroatoms. The number of rotatable bonds is 8. The topological polar surface area (TPSA) is 35.3 Å². The second-order valence-corrected chi connectivity index (χ2v) is 12.5. The Bertz CT molecular complexity index is 855. The van der Waals surface area contributed by atoms with Crippen molar-refractivity contribution in [3.63, 3.8) is 0 Å². The van der Waals surface area contributed by atoms with Crippen LogP contribution in [0.3, 0.4) is 0 Å². The van der Waals surface area contributed by atoms with Crippen LogP contribution < -0.4 is 9.92 Å². The molecule has 0 bridgehead atoms. The lowest BCUT2D eigenvalue weighted by Crippen LogP contribution is -2.41. The van der Waals surface area contributed by atoms with Gasteiger partial charge in [-0.2, -0.15) is 0 Å². The van der Waals surface area contributed by atoms with Gasteiger partial charge in [0.25, 0.3) is 0 Å². The molecule has 0 radical (unpaired) electrons. The van der Waals surface area contributed by atoms with Gasteiger partial charge in [-0.25, -0.2) is 0 Å². The zero-order chi connectivity index (χ0) is 19.3. The van der Waals surface area contributed by atoms with E-state index < -0.39 is 8.07 Å². The van der Waals surface area contributed by atoms with Gasteiger partial charge in [0.05, 0.1) is 14.7 Å². The first-order valence-corrected chi connectivity index (χ1v) is 12.9. The van der Waals surface area contributed by atoms with Gasteiger partial charge in [-0.1, -0.05) is 66.2 Å². The van der Waals surface area contributed by atoms with Crippen LogP contribution in [0.25, 0.3) is 11.3 Å². The summed E-state index contributed by atoms with van der Waals surface area (Å²) in [6, 6.07) is 18.4. The molecule has 3 rings (SSSR count). The molecular formula is C23H29NO2Si. The van der Waals surface area contributed by atoms with Gasteiger partial charge < -0.3 is 9.26 Å². The maximum absolute atomic E-state index is 5.57. The molecule has 0 fully saturated rings. The third kappa shape index (κ3) is 4.69. The molecular weight excluding hydrogens is 350 g/mol. The monoisotopic (exact) mass is 379 g/mol. The molecule has 0 unspecified atom stereocenters. The number of aromatic nitrogens is 1. The van der Waals surface area contributed by atoms with Gasteiger partial charge in [-0.05, 0) is 43.5 Å². The number of hydrogen-bond acceptors (Lipinski definition) is 3. The van der Waals surface area contributed by atoms with Crippen molar-refractivity contribution in [3.05, 3.63) is 65.9 Å². The number of aryl methyl sites for hydroxylation is 1. The fourth-order valence-corrected chi connectivity index (χ4v) is 6.04. The van der Waals surface area contributed by atoms with Gasteiger partial charge in [0, 0.05) is 11.6 Å². The second-order valence-electron chi connectivity index (χ2n) is 7.67. The standard InChI is InChI=1S/C23H29NO2Si/c1-5-25-20-11-13-21(14-12-20)27(3,4)17-7-9-19-8-6-10-22(18(19)2)23-15-16-26-24-23/h6,8,10-16H,5,7,9,17H2,1-4H3. The first-order chi connectivity index (χ1) is 13.0. The molecule has 27 heavy (non-hydrogen) atoms. The second kappa shape index (κ2) is 8.57. The molecule has 0 amide bonds. The van der Waals surface area contributed by atoms with E-state index in [1.54, 1.807) is 6.26 Å². The molecule has 0 aliphatic carbocycles. The molecule has 0 spiro atoms. The Morgan fingerprint density at radius 1 is 1.04 bits per heavy atom. The summed E-state index contributed by atoms with van der Waals surface area (Å²) in [6.45, 7) is 9.84. The van der Waals surface area contributed by atoms with Gasteiger partial charge in [-0.3, -0.25) is 0 Å². The van der Waals surface area contributed by atoms with Crippen LogP contribution in [0.2, 0.25) is 19.1 Å². The van der Waals surface area contributed by atoms with Gasteiger partial charge >= 0.3 is 0 Å². The fraction of sp³-hybridized carbons (Fsp3) is 0.348. The fourth-order valence-electron chi connectivity index (χ4n) is 3.62. The molecule has 142 valence electrons. The van der Waals surface area contributed by atoms with Gasteiger partial charge in [-0.15, -0.1) is 0 Å². The maximum atomic E-state index is 5.57. The summed E-state index contributed by atoms with van der Waals surface area (Å²) in [5.41, 5.74) is 4.81. The smallest absolute Gasteiger partial charge is 0.124 e. The summed E-state index contributed by atoms with van der Waals surface area (Å²) in [5.74, 6) is 0.964. The van der Waals surface area contributed by atoms with E-state index in [0.717, 1.165) is 17.9 Å². The average Bonchev–Trinajstić information content (AvgIpc) is 3.18. The lowest BCUT2D eigenvalue weighted by atomic mass is 9.97. The van der Waals surface area contributed by atoms with Crippen molar-refractivity contribution in [1.82, 2.24) is 5.16 Å². The van der Waals surface area contributed by atoms with E-state index >= 15 is 0 Å². The normalized spacial score (nSPS) is 11.6. The summed E-state index contributed by atoms with van der Waals surface area (Å²) in [7, 11) is -1.45. The van der Waals surface area contributed by atoms with Crippen LogP contribution >= 0.6 is 0 Å². The highest BCUT2D eigenvalue weighted by atomic mass is 28.3. The number of nitrogens with zero attached hydrogens (tertiary/aromatic N) is 1. The third-order valence-electron chi connectivity index (χ3n) is 5.35. The summed E-state index contributed by atoms with van der Waals surface area (Å²) in [5, 5.41) is 5.59. The van der Waals surface area contributed by atoms with Crippen LogP contribution in [0.15, 0.2) is 59.3 Å². The van der Waals surface area contributed by atoms with Crippen molar-refractivity contribution in [1.29, 1.82) is 0 Å². The Labute approximate surface area is 163 Å². The van der Waals surface area contributed by atoms with Crippen molar-refractivity contribution in [2.45, 2.75) is 45.8 Å².